The molecule has 0 saturated heterocycles. The second-order valence-electron chi connectivity index (χ2n) is 5.96. The summed E-state index contributed by atoms with van der Waals surface area (Å²) in [6.45, 7) is 3.12. The molecule has 0 unspecified atom stereocenters. The first-order valence-electron chi connectivity index (χ1n) is 8.56. The first-order valence-corrected chi connectivity index (χ1v) is 8.56. The van der Waals surface area contributed by atoms with Gasteiger partial charge in [-0.25, -0.2) is 4.98 Å². The fourth-order valence-corrected chi connectivity index (χ4v) is 2.71. The molecule has 0 aliphatic carbocycles. The van der Waals surface area contributed by atoms with Gasteiger partial charge in [-0.3, -0.25) is 9.78 Å². The zero-order valence-electron chi connectivity index (χ0n) is 14.4. The molecule has 0 spiro atoms. The number of carbonyl (C=O) groups excluding carboxylic acids is 1. The molecule has 128 valence electrons. The SMILES string of the molecule is CCCCn1ccnc1-c1cccc(NC(=O)Cc2cccnc2)c1. The highest BCUT2D eigenvalue weighted by Gasteiger charge is 2.08. The first-order chi connectivity index (χ1) is 12.3. The van der Waals surface area contributed by atoms with Crippen molar-refractivity contribution in [2.24, 2.45) is 0 Å². The van der Waals surface area contributed by atoms with Crippen LogP contribution in [-0.4, -0.2) is 20.4 Å². The lowest BCUT2D eigenvalue weighted by molar-refractivity contribution is -0.115. The largest absolute Gasteiger partial charge is 0.331 e. The van der Waals surface area contributed by atoms with Crippen molar-refractivity contribution in [1.82, 2.24) is 14.5 Å². The third-order valence-corrected chi connectivity index (χ3v) is 3.96. The smallest absolute Gasteiger partial charge is 0.228 e. The van der Waals surface area contributed by atoms with E-state index < -0.39 is 0 Å². The van der Waals surface area contributed by atoms with Crippen LogP contribution in [0.2, 0.25) is 0 Å². The van der Waals surface area contributed by atoms with Gasteiger partial charge in [0.05, 0.1) is 6.42 Å². The van der Waals surface area contributed by atoms with Gasteiger partial charge < -0.3 is 9.88 Å². The molecule has 5 heteroatoms. The Morgan fingerprint density at radius 2 is 2.12 bits per heavy atom. The molecule has 0 saturated carbocycles. The van der Waals surface area contributed by atoms with Gasteiger partial charge in [-0.15, -0.1) is 0 Å². The number of anilines is 1. The van der Waals surface area contributed by atoms with Crippen LogP contribution in [0.1, 0.15) is 25.3 Å². The molecule has 5 nitrogen and oxygen atoms in total. The quantitative estimate of drug-likeness (QED) is 0.712. The van der Waals surface area contributed by atoms with Gasteiger partial charge in [-0.1, -0.05) is 31.5 Å². The normalized spacial score (nSPS) is 10.6. The van der Waals surface area contributed by atoms with Crippen LogP contribution in [-0.2, 0) is 17.8 Å². The zero-order chi connectivity index (χ0) is 17.5. The summed E-state index contributed by atoms with van der Waals surface area (Å²) in [5, 5.41) is 2.95. The topological polar surface area (TPSA) is 59.8 Å². The van der Waals surface area contributed by atoms with E-state index in [9.17, 15) is 4.79 Å². The number of aromatic nitrogens is 3. The van der Waals surface area contributed by atoms with Gasteiger partial charge >= 0.3 is 0 Å². The molecule has 1 aromatic carbocycles. The number of benzene rings is 1. The number of rotatable bonds is 7. The van der Waals surface area contributed by atoms with E-state index in [2.05, 4.69) is 26.8 Å². The van der Waals surface area contributed by atoms with E-state index in [4.69, 9.17) is 0 Å². The lowest BCUT2D eigenvalue weighted by Gasteiger charge is -2.10. The summed E-state index contributed by atoms with van der Waals surface area (Å²) in [7, 11) is 0. The molecule has 0 aliphatic rings. The zero-order valence-corrected chi connectivity index (χ0v) is 14.4. The van der Waals surface area contributed by atoms with E-state index >= 15 is 0 Å². The van der Waals surface area contributed by atoms with Gasteiger partial charge in [0.15, 0.2) is 0 Å². The average molecular weight is 334 g/mol. The van der Waals surface area contributed by atoms with Crippen LogP contribution >= 0.6 is 0 Å². The molecule has 25 heavy (non-hydrogen) atoms. The molecule has 2 aromatic heterocycles. The molecular formula is C20H22N4O. The van der Waals surface area contributed by atoms with E-state index in [-0.39, 0.29) is 5.91 Å². The lowest BCUT2D eigenvalue weighted by atomic mass is 10.1. The first kappa shape index (κ1) is 16.9. The summed E-state index contributed by atoms with van der Waals surface area (Å²) in [6, 6.07) is 11.5. The van der Waals surface area contributed by atoms with Crippen molar-refractivity contribution in [2.45, 2.75) is 32.7 Å². The number of carbonyl (C=O) groups is 1. The summed E-state index contributed by atoms with van der Waals surface area (Å²) in [5.74, 6) is 0.872. The summed E-state index contributed by atoms with van der Waals surface area (Å²) in [4.78, 5) is 20.7. The van der Waals surface area contributed by atoms with Crippen LogP contribution < -0.4 is 5.32 Å². The van der Waals surface area contributed by atoms with Gasteiger partial charge in [-0.2, -0.15) is 0 Å². The van der Waals surface area contributed by atoms with Crippen LogP contribution in [0.5, 0.6) is 0 Å². The van der Waals surface area contributed by atoms with Gasteiger partial charge in [0.2, 0.25) is 5.91 Å². The predicted octanol–water partition coefficient (Wildman–Crippen LogP) is 3.93. The second kappa shape index (κ2) is 8.24. The van der Waals surface area contributed by atoms with Crippen molar-refractivity contribution >= 4 is 11.6 Å². The molecule has 0 aliphatic heterocycles. The molecule has 3 aromatic rings. The van der Waals surface area contributed by atoms with Gasteiger partial charge in [-0.05, 0) is 30.2 Å². The molecule has 0 fully saturated rings. The van der Waals surface area contributed by atoms with E-state index in [0.717, 1.165) is 42.0 Å². The van der Waals surface area contributed by atoms with Crippen LogP contribution in [0.4, 0.5) is 5.69 Å². The standard InChI is InChI=1S/C20H22N4O/c1-2-3-11-24-12-10-22-20(24)17-7-4-8-18(14-17)23-19(25)13-16-6-5-9-21-15-16/h4-10,12,14-15H,2-3,11,13H2,1H3,(H,23,25). The number of amides is 1. The van der Waals surface area contributed by atoms with E-state index in [0.29, 0.717) is 6.42 Å². The summed E-state index contributed by atoms with van der Waals surface area (Å²) < 4.78 is 2.15. The number of aryl methyl sites for hydroxylation is 1. The van der Waals surface area contributed by atoms with Crippen molar-refractivity contribution in [2.75, 3.05) is 5.32 Å². The highest BCUT2D eigenvalue weighted by Crippen LogP contribution is 2.22. The molecule has 3 rings (SSSR count). The fraction of sp³-hybridized carbons (Fsp3) is 0.250. The highest BCUT2D eigenvalue weighted by molar-refractivity contribution is 5.92. The summed E-state index contributed by atoms with van der Waals surface area (Å²) in [6.07, 6.45) is 9.79. The van der Waals surface area contributed by atoms with Crippen molar-refractivity contribution in [3.63, 3.8) is 0 Å². The predicted molar refractivity (Wildman–Crippen MR) is 99.1 cm³/mol. The van der Waals surface area contributed by atoms with Crippen LogP contribution in [0.15, 0.2) is 61.2 Å². The van der Waals surface area contributed by atoms with Crippen molar-refractivity contribution in [1.29, 1.82) is 0 Å². The molecule has 1 amide bonds. The number of unbranched alkanes of at least 4 members (excludes halogenated alkanes) is 1. The Morgan fingerprint density at radius 3 is 2.92 bits per heavy atom. The third kappa shape index (κ3) is 4.53. The number of hydrogen-bond donors (Lipinski definition) is 1. The molecule has 0 bridgehead atoms. The molecule has 0 radical (unpaired) electrons. The number of hydrogen-bond acceptors (Lipinski definition) is 3. The van der Waals surface area contributed by atoms with E-state index in [1.807, 2.05) is 48.8 Å². The van der Waals surface area contributed by atoms with Gasteiger partial charge in [0.1, 0.15) is 5.82 Å². The fourth-order valence-electron chi connectivity index (χ4n) is 2.71. The maximum absolute atomic E-state index is 12.2. The van der Waals surface area contributed by atoms with Crippen LogP contribution in [0.3, 0.4) is 0 Å². The average Bonchev–Trinajstić information content (AvgIpc) is 3.09. The molecular weight excluding hydrogens is 312 g/mol. The number of pyridine rings is 1. The Labute approximate surface area is 147 Å². The Hall–Kier alpha value is -2.95. The lowest BCUT2D eigenvalue weighted by Crippen LogP contribution is -2.14. The van der Waals surface area contributed by atoms with Crippen molar-refractivity contribution in [3.05, 3.63) is 66.7 Å². The van der Waals surface area contributed by atoms with E-state index in [1.54, 1.807) is 12.4 Å². The monoisotopic (exact) mass is 334 g/mol. The maximum atomic E-state index is 12.2. The molecule has 2 heterocycles. The molecule has 0 atom stereocenters. The minimum absolute atomic E-state index is 0.0560. The van der Waals surface area contributed by atoms with Gasteiger partial charge in [0, 0.05) is 42.6 Å². The Morgan fingerprint density at radius 1 is 1.20 bits per heavy atom. The second-order valence-corrected chi connectivity index (χ2v) is 5.96. The Kier molecular flexibility index (Phi) is 5.57. The number of nitrogens with zero attached hydrogens (tertiary/aromatic N) is 3. The number of nitrogens with one attached hydrogen (secondary N) is 1. The minimum Gasteiger partial charge on any atom is -0.331 e. The maximum Gasteiger partial charge on any atom is 0.228 e. The minimum atomic E-state index is -0.0560. The summed E-state index contributed by atoms with van der Waals surface area (Å²) >= 11 is 0. The third-order valence-electron chi connectivity index (χ3n) is 3.96. The van der Waals surface area contributed by atoms with E-state index in [1.165, 1.54) is 0 Å². The highest BCUT2D eigenvalue weighted by atomic mass is 16.1. The van der Waals surface area contributed by atoms with Crippen molar-refractivity contribution < 1.29 is 4.79 Å². The van der Waals surface area contributed by atoms with Crippen LogP contribution in [0, 0.1) is 0 Å². The number of imidazole rings is 1. The Balaban J connectivity index is 1.71. The molecule has 1 N–H and O–H groups in total. The Bertz CT molecular complexity index is 826. The summed E-state index contributed by atoms with van der Waals surface area (Å²) in [5.41, 5.74) is 2.67. The van der Waals surface area contributed by atoms with Crippen molar-refractivity contribution in [3.8, 4) is 11.4 Å². The van der Waals surface area contributed by atoms with Gasteiger partial charge in [0.25, 0.3) is 0 Å². The van der Waals surface area contributed by atoms with Crippen LogP contribution in [0.25, 0.3) is 11.4 Å².